The fourth-order valence-corrected chi connectivity index (χ4v) is 4.92. The number of aryl methyl sites for hydroxylation is 1. The van der Waals surface area contributed by atoms with E-state index in [1.165, 1.54) is 12.0 Å². The fourth-order valence-electron chi connectivity index (χ4n) is 3.78. The minimum absolute atomic E-state index is 0.116. The first-order valence-corrected chi connectivity index (χ1v) is 11.9. The van der Waals surface area contributed by atoms with E-state index in [9.17, 15) is 19.5 Å². The predicted octanol–water partition coefficient (Wildman–Crippen LogP) is 5.08. The molecule has 0 radical (unpaired) electrons. The van der Waals surface area contributed by atoms with E-state index in [4.69, 9.17) is 21.1 Å². The van der Waals surface area contributed by atoms with Crippen LogP contribution in [0.3, 0.4) is 0 Å². The van der Waals surface area contributed by atoms with Gasteiger partial charge in [-0.2, -0.15) is 0 Å². The van der Waals surface area contributed by atoms with Gasteiger partial charge in [-0.1, -0.05) is 47.7 Å². The average Bonchev–Trinajstić information content (AvgIpc) is 3.39. The highest BCUT2D eigenvalue weighted by atomic mass is 35.5. The number of rotatable bonds is 7. The minimum Gasteiger partial charge on any atom is -0.507 e. The van der Waals surface area contributed by atoms with Crippen LogP contribution in [0.1, 0.15) is 32.5 Å². The summed E-state index contributed by atoms with van der Waals surface area (Å²) < 4.78 is 10.3. The molecule has 1 amide bonds. The molecule has 1 unspecified atom stereocenters. The number of methoxy groups -OCH3 is 1. The number of anilines is 1. The van der Waals surface area contributed by atoms with Crippen molar-refractivity contribution in [3.8, 4) is 5.75 Å². The largest absolute Gasteiger partial charge is 0.507 e. The van der Waals surface area contributed by atoms with E-state index >= 15 is 0 Å². The summed E-state index contributed by atoms with van der Waals surface area (Å²) in [5.74, 6) is -2.17. The number of aliphatic hydroxyl groups excluding tert-OH is 1. The van der Waals surface area contributed by atoms with Crippen LogP contribution >= 0.6 is 22.9 Å². The quantitative estimate of drug-likeness (QED) is 0.151. The summed E-state index contributed by atoms with van der Waals surface area (Å²) in [7, 11) is 1.24. The van der Waals surface area contributed by atoms with E-state index in [1.807, 2.05) is 0 Å². The fraction of sp³-hybridized carbons (Fsp3) is 0.154. The molecule has 0 saturated carbocycles. The van der Waals surface area contributed by atoms with Gasteiger partial charge >= 0.3 is 11.9 Å². The van der Waals surface area contributed by atoms with Gasteiger partial charge in [0.1, 0.15) is 23.0 Å². The molecular formula is C26H21ClN2O6S. The highest BCUT2D eigenvalue weighted by Crippen LogP contribution is 2.44. The summed E-state index contributed by atoms with van der Waals surface area (Å²) in [6, 6.07) is 12.0. The van der Waals surface area contributed by atoms with Gasteiger partial charge in [0.2, 0.25) is 0 Å². The molecule has 1 atom stereocenters. The maximum atomic E-state index is 13.3. The number of halogens is 1. The molecule has 1 fully saturated rings. The monoisotopic (exact) mass is 524 g/mol. The lowest BCUT2D eigenvalue weighted by Gasteiger charge is -2.23. The van der Waals surface area contributed by atoms with Gasteiger partial charge in [0.25, 0.3) is 5.78 Å². The number of aliphatic hydroxyl groups is 1. The number of carbonyl (C=O) groups is 3. The third-order valence-electron chi connectivity index (χ3n) is 5.49. The van der Waals surface area contributed by atoms with Crippen molar-refractivity contribution in [1.29, 1.82) is 0 Å². The Balaban J connectivity index is 1.86. The van der Waals surface area contributed by atoms with Gasteiger partial charge in [-0.25, -0.2) is 9.78 Å². The lowest BCUT2D eigenvalue weighted by atomic mass is 9.95. The number of aromatic nitrogens is 1. The Kier molecular flexibility index (Phi) is 7.23. The number of nitrogens with zero attached hydrogens (tertiary/aromatic N) is 2. The normalized spacial score (nSPS) is 16.8. The number of esters is 1. The van der Waals surface area contributed by atoms with Crippen LogP contribution in [-0.4, -0.2) is 41.5 Å². The topological polar surface area (TPSA) is 106 Å². The first-order valence-electron chi connectivity index (χ1n) is 10.7. The summed E-state index contributed by atoms with van der Waals surface area (Å²) in [6.07, 6.45) is 1.60. The summed E-state index contributed by atoms with van der Waals surface area (Å²) in [5.41, 5.74) is 1.09. The SMILES string of the molecule is C=CCOc1ccc(/C(O)=C2\C(=O)C(=O)N(c3nc(C)c(C(=O)OC)s3)C2c2ccc(Cl)cc2)cc1. The van der Waals surface area contributed by atoms with E-state index in [0.717, 1.165) is 11.3 Å². The molecule has 1 aliphatic heterocycles. The molecule has 1 aromatic heterocycles. The number of amides is 1. The number of benzene rings is 2. The Hall–Kier alpha value is -3.95. The Bertz CT molecular complexity index is 1380. The molecule has 1 saturated heterocycles. The molecule has 4 rings (SSSR count). The van der Waals surface area contributed by atoms with Crippen LogP contribution in [0.2, 0.25) is 5.02 Å². The molecule has 3 aromatic rings. The van der Waals surface area contributed by atoms with Crippen molar-refractivity contribution in [2.45, 2.75) is 13.0 Å². The van der Waals surface area contributed by atoms with Crippen LogP contribution in [0.25, 0.3) is 5.76 Å². The Labute approximate surface area is 216 Å². The average molecular weight is 525 g/mol. The van der Waals surface area contributed by atoms with Crippen LogP contribution in [-0.2, 0) is 14.3 Å². The van der Waals surface area contributed by atoms with Crippen molar-refractivity contribution in [3.63, 3.8) is 0 Å². The van der Waals surface area contributed by atoms with E-state index < -0.39 is 23.7 Å². The highest BCUT2D eigenvalue weighted by molar-refractivity contribution is 7.17. The number of ether oxygens (including phenoxy) is 2. The lowest BCUT2D eigenvalue weighted by molar-refractivity contribution is -0.132. The number of Topliss-reactive ketones (excluding diaryl/α,β-unsaturated/α-hetero) is 1. The number of hydrogen-bond donors (Lipinski definition) is 1. The van der Waals surface area contributed by atoms with Crippen molar-refractivity contribution in [3.05, 3.63) is 93.5 Å². The molecule has 0 aliphatic carbocycles. The van der Waals surface area contributed by atoms with Gasteiger partial charge in [-0.15, -0.1) is 0 Å². The zero-order chi connectivity index (χ0) is 26.0. The zero-order valence-electron chi connectivity index (χ0n) is 19.4. The summed E-state index contributed by atoms with van der Waals surface area (Å²) in [4.78, 5) is 44.4. The van der Waals surface area contributed by atoms with Crippen LogP contribution < -0.4 is 9.64 Å². The van der Waals surface area contributed by atoms with Crippen molar-refractivity contribution in [2.75, 3.05) is 18.6 Å². The van der Waals surface area contributed by atoms with Gasteiger partial charge in [0, 0.05) is 10.6 Å². The van der Waals surface area contributed by atoms with Gasteiger partial charge in [-0.05, 0) is 48.9 Å². The smallest absolute Gasteiger partial charge is 0.350 e. The van der Waals surface area contributed by atoms with E-state index in [-0.39, 0.29) is 21.3 Å². The summed E-state index contributed by atoms with van der Waals surface area (Å²) in [5, 5.41) is 11.8. The number of thiazole rings is 1. The first-order chi connectivity index (χ1) is 17.3. The molecule has 8 nitrogen and oxygen atoms in total. The van der Waals surface area contributed by atoms with E-state index in [2.05, 4.69) is 11.6 Å². The second-order valence-corrected chi connectivity index (χ2v) is 9.16. The van der Waals surface area contributed by atoms with Gasteiger partial charge in [0.15, 0.2) is 5.13 Å². The number of carbonyl (C=O) groups excluding carboxylic acids is 3. The molecule has 1 aliphatic rings. The van der Waals surface area contributed by atoms with E-state index in [1.54, 1.807) is 61.5 Å². The molecule has 10 heteroatoms. The van der Waals surface area contributed by atoms with Crippen molar-refractivity contribution >= 4 is 51.5 Å². The number of hydrogen-bond acceptors (Lipinski definition) is 8. The summed E-state index contributed by atoms with van der Waals surface area (Å²) in [6.45, 7) is 5.52. The van der Waals surface area contributed by atoms with Gasteiger partial charge < -0.3 is 14.6 Å². The van der Waals surface area contributed by atoms with Gasteiger partial charge in [-0.3, -0.25) is 14.5 Å². The third-order valence-corrected chi connectivity index (χ3v) is 6.88. The van der Waals surface area contributed by atoms with Crippen molar-refractivity contribution in [1.82, 2.24) is 4.98 Å². The van der Waals surface area contributed by atoms with Crippen LogP contribution in [0.4, 0.5) is 5.13 Å². The molecule has 0 bridgehead atoms. The van der Waals surface area contributed by atoms with Crippen molar-refractivity contribution < 1.29 is 29.0 Å². The van der Waals surface area contributed by atoms with Crippen molar-refractivity contribution in [2.24, 2.45) is 0 Å². The van der Waals surface area contributed by atoms with Crippen LogP contribution in [0.15, 0.2) is 66.8 Å². The molecule has 2 aromatic carbocycles. The molecule has 2 heterocycles. The molecule has 36 heavy (non-hydrogen) atoms. The Morgan fingerprint density at radius 1 is 1.19 bits per heavy atom. The first kappa shape index (κ1) is 25.2. The van der Waals surface area contributed by atoms with E-state index in [0.29, 0.717) is 34.2 Å². The second kappa shape index (κ2) is 10.3. The standard InChI is InChI=1S/C26H21ClN2O6S/c1-4-13-35-18-11-7-16(8-12-18)21(30)19-20(15-5-9-17(27)10-6-15)29(24(32)22(19)31)26-28-14(2)23(36-26)25(33)34-3/h4-12,20,30H,1,13H2,2-3H3/b21-19+. The van der Waals surface area contributed by atoms with Gasteiger partial charge in [0.05, 0.1) is 24.4 Å². The second-order valence-electron chi connectivity index (χ2n) is 7.75. The number of ketones is 1. The lowest BCUT2D eigenvalue weighted by Crippen LogP contribution is -2.29. The minimum atomic E-state index is -1.00. The zero-order valence-corrected chi connectivity index (χ0v) is 20.9. The van der Waals surface area contributed by atoms with Crippen LogP contribution in [0.5, 0.6) is 5.75 Å². The molecule has 1 N–H and O–H groups in total. The highest BCUT2D eigenvalue weighted by Gasteiger charge is 2.48. The summed E-state index contributed by atoms with van der Waals surface area (Å²) >= 11 is 6.99. The Morgan fingerprint density at radius 3 is 2.47 bits per heavy atom. The molecule has 184 valence electrons. The van der Waals surface area contributed by atoms with Crippen LogP contribution in [0, 0.1) is 6.92 Å². The maximum absolute atomic E-state index is 13.3. The third kappa shape index (κ3) is 4.62. The Morgan fingerprint density at radius 2 is 1.86 bits per heavy atom. The maximum Gasteiger partial charge on any atom is 0.350 e. The molecular weight excluding hydrogens is 504 g/mol. The molecule has 0 spiro atoms. The predicted molar refractivity (Wildman–Crippen MR) is 137 cm³/mol.